The summed E-state index contributed by atoms with van der Waals surface area (Å²) < 4.78 is 36.3. The van der Waals surface area contributed by atoms with Gasteiger partial charge in [-0.3, -0.25) is 0 Å². The van der Waals surface area contributed by atoms with Gasteiger partial charge in [0.15, 0.2) is 0 Å². The Kier molecular flexibility index (Phi) is 3.42. The number of hydrogen-bond donors (Lipinski definition) is 1. The van der Waals surface area contributed by atoms with E-state index in [2.05, 4.69) is 21.2 Å². The zero-order chi connectivity index (χ0) is 10.8. The smallest absolute Gasteiger partial charge is 0.376 e. The monoisotopic (exact) mass is 267 g/mol. The van der Waals surface area contributed by atoms with Crippen LogP contribution >= 0.6 is 15.9 Å². The lowest BCUT2D eigenvalue weighted by atomic mass is 10.2. The second kappa shape index (κ2) is 4.21. The topological polar surface area (TPSA) is 12.0 Å². The standard InChI is InChI=1S/C9H9BrF3N/c1-6-2-3-7(4-8(6)10)14-5-9(11,12)13/h2-4,14H,5H2,1H3. The van der Waals surface area contributed by atoms with Crippen molar-refractivity contribution in [2.24, 2.45) is 0 Å². The van der Waals surface area contributed by atoms with E-state index in [1.165, 1.54) is 0 Å². The minimum atomic E-state index is -4.18. The molecule has 0 spiro atoms. The van der Waals surface area contributed by atoms with Crippen LogP contribution in [0, 0.1) is 6.92 Å². The van der Waals surface area contributed by atoms with E-state index in [1.807, 2.05) is 6.92 Å². The number of benzene rings is 1. The lowest BCUT2D eigenvalue weighted by Gasteiger charge is -2.10. The fraction of sp³-hybridized carbons (Fsp3) is 0.333. The Morgan fingerprint density at radius 1 is 1.36 bits per heavy atom. The molecule has 1 nitrogen and oxygen atoms in total. The molecule has 0 saturated heterocycles. The number of rotatable bonds is 2. The van der Waals surface area contributed by atoms with Crippen LogP contribution in [0.3, 0.4) is 0 Å². The van der Waals surface area contributed by atoms with Gasteiger partial charge in [-0.05, 0) is 24.6 Å². The maximum absolute atomic E-state index is 11.8. The van der Waals surface area contributed by atoms with Crippen LogP contribution in [-0.4, -0.2) is 12.7 Å². The number of halogens is 4. The van der Waals surface area contributed by atoms with Crippen LogP contribution in [0.15, 0.2) is 22.7 Å². The Labute approximate surface area is 88.4 Å². The van der Waals surface area contributed by atoms with Crippen LogP contribution in [0.4, 0.5) is 18.9 Å². The van der Waals surface area contributed by atoms with Gasteiger partial charge in [0.1, 0.15) is 6.54 Å². The number of alkyl halides is 3. The molecule has 0 aliphatic carbocycles. The van der Waals surface area contributed by atoms with Crippen molar-refractivity contribution >= 4 is 21.6 Å². The first-order chi connectivity index (χ1) is 6.38. The highest BCUT2D eigenvalue weighted by atomic mass is 79.9. The third-order valence-corrected chi connectivity index (χ3v) is 2.52. The number of nitrogens with one attached hydrogen (secondary N) is 1. The maximum atomic E-state index is 11.8. The van der Waals surface area contributed by atoms with Crippen molar-refractivity contribution in [1.82, 2.24) is 0 Å². The van der Waals surface area contributed by atoms with E-state index in [-0.39, 0.29) is 0 Å². The fourth-order valence-corrected chi connectivity index (χ4v) is 1.28. The molecule has 1 aromatic rings. The van der Waals surface area contributed by atoms with Gasteiger partial charge >= 0.3 is 6.18 Å². The minimum absolute atomic E-state index is 0.458. The molecule has 1 rings (SSSR count). The Morgan fingerprint density at radius 2 is 2.00 bits per heavy atom. The van der Waals surface area contributed by atoms with Crippen LogP contribution in [0.25, 0.3) is 0 Å². The van der Waals surface area contributed by atoms with E-state index in [1.54, 1.807) is 18.2 Å². The SMILES string of the molecule is Cc1ccc(NCC(F)(F)F)cc1Br. The molecule has 0 bridgehead atoms. The third kappa shape index (κ3) is 3.57. The molecule has 0 unspecified atom stereocenters. The van der Waals surface area contributed by atoms with E-state index < -0.39 is 12.7 Å². The van der Waals surface area contributed by atoms with Crippen molar-refractivity contribution < 1.29 is 13.2 Å². The van der Waals surface area contributed by atoms with Crippen molar-refractivity contribution in [3.8, 4) is 0 Å². The van der Waals surface area contributed by atoms with Crippen molar-refractivity contribution in [2.45, 2.75) is 13.1 Å². The molecule has 0 saturated carbocycles. The molecule has 0 aromatic heterocycles. The van der Waals surface area contributed by atoms with Crippen LogP contribution in [0.1, 0.15) is 5.56 Å². The highest BCUT2D eigenvalue weighted by Crippen LogP contribution is 2.22. The van der Waals surface area contributed by atoms with Gasteiger partial charge in [-0.25, -0.2) is 0 Å². The van der Waals surface area contributed by atoms with Gasteiger partial charge in [-0.15, -0.1) is 0 Å². The summed E-state index contributed by atoms with van der Waals surface area (Å²) in [4.78, 5) is 0. The molecule has 0 amide bonds. The lowest BCUT2D eigenvalue weighted by Crippen LogP contribution is -2.21. The molecule has 1 aromatic carbocycles. The zero-order valence-corrected chi connectivity index (χ0v) is 9.04. The van der Waals surface area contributed by atoms with Crippen molar-refractivity contribution in [3.63, 3.8) is 0 Å². The summed E-state index contributed by atoms with van der Waals surface area (Å²) in [6.07, 6.45) is -4.18. The van der Waals surface area contributed by atoms with E-state index in [9.17, 15) is 13.2 Å². The molecule has 0 aliphatic heterocycles. The molecule has 0 radical (unpaired) electrons. The highest BCUT2D eigenvalue weighted by molar-refractivity contribution is 9.10. The predicted octanol–water partition coefficient (Wildman–Crippen LogP) is 3.73. The first-order valence-corrected chi connectivity index (χ1v) is 4.74. The maximum Gasteiger partial charge on any atom is 0.405 e. The van der Waals surface area contributed by atoms with Gasteiger partial charge in [-0.1, -0.05) is 22.0 Å². The van der Waals surface area contributed by atoms with Crippen LogP contribution in [0.2, 0.25) is 0 Å². The molecule has 14 heavy (non-hydrogen) atoms. The first kappa shape index (κ1) is 11.4. The predicted molar refractivity (Wildman–Crippen MR) is 53.4 cm³/mol. The Balaban J connectivity index is 2.65. The number of aryl methyl sites for hydroxylation is 1. The molecule has 0 aliphatic rings. The molecule has 0 atom stereocenters. The summed E-state index contributed by atoms with van der Waals surface area (Å²) in [5.74, 6) is 0. The van der Waals surface area contributed by atoms with Gasteiger partial charge in [0.25, 0.3) is 0 Å². The van der Waals surface area contributed by atoms with Gasteiger partial charge in [0.2, 0.25) is 0 Å². The Morgan fingerprint density at radius 3 is 2.50 bits per heavy atom. The summed E-state index contributed by atoms with van der Waals surface area (Å²) in [6.45, 7) is 0.861. The largest absolute Gasteiger partial charge is 0.405 e. The van der Waals surface area contributed by atoms with Gasteiger partial charge < -0.3 is 5.32 Å². The average Bonchev–Trinajstić information content (AvgIpc) is 2.06. The molecular weight excluding hydrogens is 259 g/mol. The highest BCUT2D eigenvalue weighted by Gasteiger charge is 2.26. The summed E-state index contributed by atoms with van der Waals surface area (Å²) >= 11 is 3.25. The summed E-state index contributed by atoms with van der Waals surface area (Å²) in [5.41, 5.74) is 1.45. The first-order valence-electron chi connectivity index (χ1n) is 3.95. The van der Waals surface area contributed by atoms with E-state index in [0.717, 1.165) is 10.0 Å². The van der Waals surface area contributed by atoms with E-state index in [0.29, 0.717) is 5.69 Å². The third-order valence-electron chi connectivity index (χ3n) is 1.66. The van der Waals surface area contributed by atoms with Gasteiger partial charge in [0, 0.05) is 10.2 Å². The quantitative estimate of drug-likeness (QED) is 0.861. The molecule has 0 heterocycles. The molecule has 78 valence electrons. The number of hydrogen-bond acceptors (Lipinski definition) is 1. The van der Waals surface area contributed by atoms with E-state index >= 15 is 0 Å². The number of anilines is 1. The summed E-state index contributed by atoms with van der Waals surface area (Å²) in [5, 5.41) is 2.30. The molecule has 0 fully saturated rings. The Bertz CT molecular complexity index is 322. The van der Waals surface area contributed by atoms with Crippen LogP contribution in [0.5, 0.6) is 0 Å². The Hall–Kier alpha value is -0.710. The molecular formula is C9H9BrF3N. The average molecular weight is 268 g/mol. The van der Waals surface area contributed by atoms with Crippen LogP contribution < -0.4 is 5.32 Å². The minimum Gasteiger partial charge on any atom is -0.376 e. The molecule has 1 N–H and O–H groups in total. The molecule has 5 heteroatoms. The second-order valence-corrected chi connectivity index (χ2v) is 3.79. The van der Waals surface area contributed by atoms with Crippen molar-refractivity contribution in [1.29, 1.82) is 0 Å². The zero-order valence-electron chi connectivity index (χ0n) is 7.45. The van der Waals surface area contributed by atoms with Crippen LogP contribution in [-0.2, 0) is 0 Å². The summed E-state index contributed by atoms with van der Waals surface area (Å²) in [6, 6.07) is 5.00. The normalized spacial score (nSPS) is 11.5. The lowest BCUT2D eigenvalue weighted by molar-refractivity contribution is -0.115. The summed E-state index contributed by atoms with van der Waals surface area (Å²) in [7, 11) is 0. The van der Waals surface area contributed by atoms with Gasteiger partial charge in [0.05, 0.1) is 0 Å². The van der Waals surface area contributed by atoms with Crippen molar-refractivity contribution in [3.05, 3.63) is 28.2 Å². The fourth-order valence-electron chi connectivity index (χ4n) is 0.905. The second-order valence-electron chi connectivity index (χ2n) is 2.93. The van der Waals surface area contributed by atoms with Crippen molar-refractivity contribution in [2.75, 3.05) is 11.9 Å². The van der Waals surface area contributed by atoms with Gasteiger partial charge in [-0.2, -0.15) is 13.2 Å². The van der Waals surface area contributed by atoms with E-state index in [4.69, 9.17) is 0 Å².